The lowest BCUT2D eigenvalue weighted by Crippen LogP contribution is -2.24. The number of nitro groups is 1. The van der Waals surface area contributed by atoms with E-state index in [2.05, 4.69) is 0 Å². The molecule has 26 heavy (non-hydrogen) atoms. The van der Waals surface area contributed by atoms with E-state index in [1.54, 1.807) is 42.5 Å². The summed E-state index contributed by atoms with van der Waals surface area (Å²) in [6.07, 6.45) is 0.944. The topological polar surface area (TPSA) is 95.7 Å². The zero-order chi connectivity index (χ0) is 18.9. The van der Waals surface area contributed by atoms with E-state index < -0.39 is 33.4 Å². The monoisotopic (exact) mass is 397 g/mol. The molecular formula is C17H16ClNO6S. The molecule has 0 radical (unpaired) electrons. The van der Waals surface area contributed by atoms with Crippen LogP contribution >= 0.6 is 11.6 Å². The summed E-state index contributed by atoms with van der Waals surface area (Å²) in [5.74, 6) is -0.297. The Morgan fingerprint density at radius 1 is 1.15 bits per heavy atom. The maximum atomic E-state index is 11.5. The summed E-state index contributed by atoms with van der Waals surface area (Å²) in [6, 6.07) is 11.9. The second-order valence-electron chi connectivity index (χ2n) is 6.04. The smallest absolute Gasteiger partial charge is 0.264 e. The van der Waals surface area contributed by atoms with Gasteiger partial charge in [-0.3, -0.25) is 14.3 Å². The van der Waals surface area contributed by atoms with Gasteiger partial charge in [0.1, 0.15) is 11.5 Å². The first kappa shape index (κ1) is 18.6. The molecular weight excluding hydrogens is 382 g/mol. The first-order valence-corrected chi connectivity index (χ1v) is 9.96. The number of hydrogen-bond acceptors (Lipinski definition) is 6. The van der Waals surface area contributed by atoms with Crippen LogP contribution in [0, 0.1) is 10.1 Å². The summed E-state index contributed by atoms with van der Waals surface area (Å²) in [5, 5.41) is 11.7. The molecule has 0 fully saturated rings. The highest BCUT2D eigenvalue weighted by atomic mass is 35.5. The Hall–Kier alpha value is -2.16. The van der Waals surface area contributed by atoms with Crippen molar-refractivity contribution in [1.82, 2.24) is 0 Å². The zero-order valence-corrected chi connectivity index (χ0v) is 15.4. The number of para-hydroxylation sites is 1. The van der Waals surface area contributed by atoms with Gasteiger partial charge in [-0.15, -0.1) is 0 Å². The number of rotatable bonds is 5. The van der Waals surface area contributed by atoms with Crippen LogP contribution in [0.2, 0.25) is 5.02 Å². The molecule has 2 aromatic rings. The van der Waals surface area contributed by atoms with Gasteiger partial charge in [0.05, 0.1) is 18.8 Å². The summed E-state index contributed by atoms with van der Waals surface area (Å²) in [6.45, 7) is -0.646. The van der Waals surface area contributed by atoms with Crippen molar-refractivity contribution in [2.75, 3.05) is 19.4 Å². The van der Waals surface area contributed by atoms with Crippen LogP contribution in [0.1, 0.15) is 23.0 Å². The van der Waals surface area contributed by atoms with Gasteiger partial charge >= 0.3 is 0 Å². The fourth-order valence-corrected chi connectivity index (χ4v) is 3.70. The van der Waals surface area contributed by atoms with E-state index in [-0.39, 0.29) is 6.61 Å². The van der Waals surface area contributed by atoms with Gasteiger partial charge in [-0.2, -0.15) is 8.42 Å². The zero-order valence-electron chi connectivity index (χ0n) is 13.8. The summed E-state index contributed by atoms with van der Waals surface area (Å²) >= 11 is 6.09. The van der Waals surface area contributed by atoms with E-state index in [1.807, 2.05) is 0 Å². The van der Waals surface area contributed by atoms with Crippen LogP contribution in [0.5, 0.6) is 11.5 Å². The molecule has 0 aliphatic carbocycles. The van der Waals surface area contributed by atoms with Gasteiger partial charge in [-0.25, -0.2) is 0 Å². The van der Waals surface area contributed by atoms with Crippen LogP contribution in [0.15, 0.2) is 42.5 Å². The Kier molecular flexibility index (Phi) is 5.17. The number of hydrogen-bond donors (Lipinski definition) is 0. The first-order chi connectivity index (χ1) is 12.2. The lowest BCUT2D eigenvalue weighted by Gasteiger charge is -2.23. The van der Waals surface area contributed by atoms with Crippen LogP contribution in [-0.4, -0.2) is 32.7 Å². The minimum atomic E-state index is -3.71. The summed E-state index contributed by atoms with van der Waals surface area (Å²) in [7, 11) is -3.71. The number of fused-ring (bicyclic) bond motifs is 2. The molecule has 7 nitrogen and oxygen atoms in total. The average Bonchev–Trinajstić information content (AvgIpc) is 2.67. The molecule has 138 valence electrons. The lowest BCUT2D eigenvalue weighted by atomic mass is 9.82. The maximum Gasteiger partial charge on any atom is 0.264 e. The molecule has 3 rings (SSSR count). The number of ether oxygens (including phenoxy) is 1. The standard InChI is InChI=1S/C17H16ClNO6S/c1-26(22,23)24-10-15-12-4-2-3-5-16(12)25-17-7-6-11(18)8-13(17)14(15)9-19(20)21/h2-8,14-15H,9-10H2,1H3/t14-,15-/m1/s1. The van der Waals surface area contributed by atoms with Crippen molar-refractivity contribution in [3.63, 3.8) is 0 Å². The molecule has 0 amide bonds. The van der Waals surface area contributed by atoms with Gasteiger partial charge in [0, 0.05) is 27.0 Å². The van der Waals surface area contributed by atoms with Crippen LogP contribution in [0.3, 0.4) is 0 Å². The fraction of sp³-hybridized carbons (Fsp3) is 0.294. The Labute approximate surface area is 155 Å². The maximum absolute atomic E-state index is 11.5. The Morgan fingerprint density at radius 3 is 2.54 bits per heavy atom. The Morgan fingerprint density at radius 2 is 1.85 bits per heavy atom. The first-order valence-electron chi connectivity index (χ1n) is 7.77. The van der Waals surface area contributed by atoms with Gasteiger partial charge in [0.15, 0.2) is 0 Å². The quantitative estimate of drug-likeness (QED) is 0.434. The predicted molar refractivity (Wildman–Crippen MR) is 96.1 cm³/mol. The number of halogens is 1. The summed E-state index contributed by atoms with van der Waals surface area (Å²) < 4.78 is 33.9. The van der Waals surface area contributed by atoms with Gasteiger partial charge in [0.25, 0.3) is 10.1 Å². The third-order valence-corrected chi connectivity index (χ3v) is 5.00. The van der Waals surface area contributed by atoms with Crippen molar-refractivity contribution in [2.24, 2.45) is 0 Å². The van der Waals surface area contributed by atoms with Gasteiger partial charge in [0.2, 0.25) is 6.54 Å². The van der Waals surface area contributed by atoms with Crippen molar-refractivity contribution in [3.8, 4) is 11.5 Å². The third-order valence-electron chi connectivity index (χ3n) is 4.20. The van der Waals surface area contributed by atoms with Crippen LogP contribution in [-0.2, 0) is 14.3 Å². The highest BCUT2D eigenvalue weighted by Gasteiger charge is 2.37. The average molecular weight is 398 g/mol. The third kappa shape index (κ3) is 4.14. The molecule has 0 bridgehead atoms. The minimum Gasteiger partial charge on any atom is -0.457 e. The van der Waals surface area contributed by atoms with Crippen molar-refractivity contribution in [3.05, 3.63) is 68.7 Å². The van der Waals surface area contributed by atoms with E-state index in [0.29, 0.717) is 27.6 Å². The lowest BCUT2D eigenvalue weighted by molar-refractivity contribution is -0.484. The second-order valence-corrected chi connectivity index (χ2v) is 8.12. The number of nitrogens with zero attached hydrogens (tertiary/aromatic N) is 1. The molecule has 0 aromatic heterocycles. The Bertz CT molecular complexity index is 946. The molecule has 0 unspecified atom stereocenters. The van der Waals surface area contributed by atoms with Crippen LogP contribution < -0.4 is 4.74 Å². The Balaban J connectivity index is 2.16. The summed E-state index contributed by atoms with van der Waals surface area (Å²) in [4.78, 5) is 10.9. The molecule has 2 aromatic carbocycles. The molecule has 1 aliphatic rings. The van der Waals surface area contributed by atoms with Crippen molar-refractivity contribution >= 4 is 21.7 Å². The van der Waals surface area contributed by atoms with Crippen molar-refractivity contribution in [1.29, 1.82) is 0 Å². The normalized spacial score (nSPS) is 19.0. The van der Waals surface area contributed by atoms with E-state index in [0.717, 1.165) is 6.26 Å². The van der Waals surface area contributed by atoms with Crippen molar-refractivity contribution < 1.29 is 22.3 Å². The summed E-state index contributed by atoms with van der Waals surface area (Å²) in [5.41, 5.74) is 1.20. The molecule has 0 saturated heterocycles. The van der Waals surface area contributed by atoms with Gasteiger partial charge in [-0.1, -0.05) is 29.8 Å². The molecule has 9 heteroatoms. The SMILES string of the molecule is CS(=O)(=O)OC[C@@H]1c2ccccc2Oc2ccc(Cl)cc2[C@H]1C[N+](=O)[O-]. The van der Waals surface area contributed by atoms with Crippen LogP contribution in [0.4, 0.5) is 0 Å². The molecule has 0 spiro atoms. The molecule has 1 aliphatic heterocycles. The van der Waals surface area contributed by atoms with E-state index in [9.17, 15) is 18.5 Å². The largest absolute Gasteiger partial charge is 0.457 e. The fourth-order valence-electron chi connectivity index (χ4n) is 3.12. The molecule has 2 atom stereocenters. The number of benzene rings is 2. The predicted octanol–water partition coefficient (Wildman–Crippen LogP) is 3.57. The minimum absolute atomic E-state index is 0.232. The van der Waals surface area contributed by atoms with Crippen LogP contribution in [0.25, 0.3) is 0 Å². The molecule has 0 saturated carbocycles. The highest BCUT2D eigenvalue weighted by Crippen LogP contribution is 2.47. The van der Waals surface area contributed by atoms with Gasteiger partial charge < -0.3 is 4.74 Å². The van der Waals surface area contributed by atoms with Crippen molar-refractivity contribution in [2.45, 2.75) is 11.8 Å². The van der Waals surface area contributed by atoms with E-state index in [1.165, 1.54) is 0 Å². The van der Waals surface area contributed by atoms with Gasteiger partial charge in [-0.05, 0) is 24.3 Å². The highest BCUT2D eigenvalue weighted by molar-refractivity contribution is 7.85. The second kappa shape index (κ2) is 7.22. The van der Waals surface area contributed by atoms with E-state index in [4.69, 9.17) is 20.5 Å². The molecule has 1 heterocycles. The molecule has 0 N–H and O–H groups in total. The van der Waals surface area contributed by atoms with E-state index >= 15 is 0 Å².